The molecule has 0 fully saturated rings. The first-order valence-corrected chi connectivity index (χ1v) is 9.65. The molecule has 4 rings (SSSR count). The van der Waals surface area contributed by atoms with E-state index < -0.39 is 0 Å². The lowest BCUT2D eigenvalue weighted by molar-refractivity contribution is 0.685. The standard InChI is InChI=1S/C22H19Cl2N3/c1-15-25-14-18-13-21(12-17-5-7-19(23)8-6-17)27(22(18)26-15)10-9-16-3-2-4-20(24)11-16/h2-8,11,13-14H,9-10,12H2,1H3. The molecule has 3 nitrogen and oxygen atoms in total. The van der Waals surface area contributed by atoms with Crippen molar-refractivity contribution in [2.24, 2.45) is 0 Å². The van der Waals surface area contributed by atoms with E-state index in [0.717, 1.165) is 46.3 Å². The third-order valence-electron chi connectivity index (χ3n) is 4.65. The van der Waals surface area contributed by atoms with Gasteiger partial charge in [0, 0.05) is 40.3 Å². The van der Waals surface area contributed by atoms with Crippen LogP contribution in [-0.2, 0) is 19.4 Å². The summed E-state index contributed by atoms with van der Waals surface area (Å²) in [6.45, 7) is 2.76. The Hall–Kier alpha value is -2.36. The fourth-order valence-electron chi connectivity index (χ4n) is 3.32. The van der Waals surface area contributed by atoms with Gasteiger partial charge in [0.1, 0.15) is 11.5 Å². The van der Waals surface area contributed by atoms with Gasteiger partial charge >= 0.3 is 0 Å². The quantitative estimate of drug-likeness (QED) is 0.422. The van der Waals surface area contributed by atoms with Gasteiger partial charge in [0.2, 0.25) is 0 Å². The third-order valence-corrected chi connectivity index (χ3v) is 5.14. The fourth-order valence-corrected chi connectivity index (χ4v) is 3.66. The summed E-state index contributed by atoms with van der Waals surface area (Å²) in [5.74, 6) is 0.780. The van der Waals surface area contributed by atoms with Gasteiger partial charge in [-0.1, -0.05) is 47.5 Å². The van der Waals surface area contributed by atoms with Crippen LogP contribution in [0.25, 0.3) is 11.0 Å². The minimum Gasteiger partial charge on any atom is -0.329 e. The van der Waals surface area contributed by atoms with Crippen molar-refractivity contribution in [2.75, 3.05) is 0 Å². The van der Waals surface area contributed by atoms with E-state index in [1.807, 2.05) is 43.5 Å². The molecule has 0 spiro atoms. The van der Waals surface area contributed by atoms with E-state index in [1.54, 1.807) is 0 Å². The predicted octanol–water partition coefficient (Wildman–Crippen LogP) is 5.88. The molecule has 5 heteroatoms. The Bertz CT molecular complexity index is 1080. The number of hydrogen-bond acceptors (Lipinski definition) is 2. The van der Waals surface area contributed by atoms with E-state index in [2.05, 4.69) is 38.8 Å². The van der Waals surface area contributed by atoms with Crippen molar-refractivity contribution in [2.45, 2.75) is 26.3 Å². The summed E-state index contributed by atoms with van der Waals surface area (Å²) in [4.78, 5) is 9.04. The zero-order valence-electron chi connectivity index (χ0n) is 15.0. The molecular weight excluding hydrogens is 377 g/mol. The largest absolute Gasteiger partial charge is 0.329 e. The summed E-state index contributed by atoms with van der Waals surface area (Å²) in [6.07, 6.45) is 3.61. The Morgan fingerprint density at radius 1 is 0.926 bits per heavy atom. The average molecular weight is 396 g/mol. The predicted molar refractivity (Wildman–Crippen MR) is 112 cm³/mol. The maximum absolute atomic E-state index is 6.13. The molecule has 0 bridgehead atoms. The first-order valence-electron chi connectivity index (χ1n) is 8.89. The normalized spacial score (nSPS) is 11.2. The molecule has 0 aliphatic rings. The van der Waals surface area contributed by atoms with Gasteiger partial charge in [-0.05, 0) is 54.8 Å². The number of benzene rings is 2. The summed E-state index contributed by atoms with van der Waals surface area (Å²) in [7, 11) is 0. The molecule has 0 saturated heterocycles. The van der Waals surface area contributed by atoms with Crippen LogP contribution in [-0.4, -0.2) is 14.5 Å². The van der Waals surface area contributed by atoms with Crippen LogP contribution in [0.2, 0.25) is 10.0 Å². The molecule has 4 aromatic rings. The molecular formula is C22H19Cl2N3. The molecule has 0 aliphatic carbocycles. The highest BCUT2D eigenvalue weighted by Gasteiger charge is 2.12. The SMILES string of the molecule is Cc1ncc2cc(Cc3ccc(Cl)cc3)n(CCc3cccc(Cl)c3)c2n1. The maximum Gasteiger partial charge on any atom is 0.143 e. The highest BCUT2D eigenvalue weighted by atomic mass is 35.5. The second kappa shape index (κ2) is 7.71. The van der Waals surface area contributed by atoms with Crippen molar-refractivity contribution < 1.29 is 0 Å². The highest BCUT2D eigenvalue weighted by Crippen LogP contribution is 2.22. The van der Waals surface area contributed by atoms with Crippen molar-refractivity contribution in [1.29, 1.82) is 0 Å². The second-order valence-corrected chi connectivity index (χ2v) is 7.54. The summed E-state index contributed by atoms with van der Waals surface area (Å²) in [6, 6.07) is 18.2. The molecule has 0 amide bonds. The van der Waals surface area contributed by atoms with Gasteiger partial charge in [-0.2, -0.15) is 0 Å². The Kier molecular flexibility index (Phi) is 5.15. The minimum absolute atomic E-state index is 0.752. The van der Waals surface area contributed by atoms with Crippen molar-refractivity contribution in [3.8, 4) is 0 Å². The Morgan fingerprint density at radius 2 is 1.74 bits per heavy atom. The summed E-state index contributed by atoms with van der Waals surface area (Å²) < 4.78 is 2.29. The van der Waals surface area contributed by atoms with E-state index in [9.17, 15) is 0 Å². The first-order chi connectivity index (χ1) is 13.1. The highest BCUT2D eigenvalue weighted by molar-refractivity contribution is 6.30. The number of hydrogen-bond donors (Lipinski definition) is 0. The lowest BCUT2D eigenvalue weighted by Gasteiger charge is -2.11. The Morgan fingerprint density at radius 3 is 2.52 bits per heavy atom. The zero-order chi connectivity index (χ0) is 18.8. The van der Waals surface area contributed by atoms with Crippen molar-refractivity contribution in [1.82, 2.24) is 14.5 Å². The average Bonchev–Trinajstić information content (AvgIpc) is 2.98. The molecule has 0 N–H and O–H groups in total. The van der Waals surface area contributed by atoms with E-state index in [4.69, 9.17) is 23.2 Å². The van der Waals surface area contributed by atoms with Crippen LogP contribution in [0, 0.1) is 6.92 Å². The van der Waals surface area contributed by atoms with E-state index >= 15 is 0 Å². The van der Waals surface area contributed by atoms with E-state index in [-0.39, 0.29) is 0 Å². The molecule has 0 unspecified atom stereocenters. The number of aromatic nitrogens is 3. The van der Waals surface area contributed by atoms with Gasteiger partial charge in [-0.15, -0.1) is 0 Å². The number of aryl methyl sites for hydroxylation is 3. The van der Waals surface area contributed by atoms with Crippen LogP contribution in [0.3, 0.4) is 0 Å². The minimum atomic E-state index is 0.752. The monoisotopic (exact) mass is 395 g/mol. The maximum atomic E-state index is 6.13. The summed E-state index contributed by atoms with van der Waals surface area (Å²) in [5, 5.41) is 2.59. The smallest absolute Gasteiger partial charge is 0.143 e. The first kappa shape index (κ1) is 18.0. The van der Waals surface area contributed by atoms with Gasteiger partial charge in [-0.25, -0.2) is 9.97 Å². The molecule has 0 radical (unpaired) electrons. The van der Waals surface area contributed by atoms with Crippen LogP contribution < -0.4 is 0 Å². The van der Waals surface area contributed by atoms with Gasteiger partial charge in [-0.3, -0.25) is 0 Å². The number of halogens is 2. The summed E-state index contributed by atoms with van der Waals surface area (Å²) in [5.41, 5.74) is 4.63. The van der Waals surface area contributed by atoms with Crippen LogP contribution >= 0.6 is 23.2 Å². The molecule has 0 atom stereocenters. The molecule has 2 heterocycles. The van der Waals surface area contributed by atoms with E-state index in [0.29, 0.717) is 0 Å². The van der Waals surface area contributed by atoms with Gasteiger partial charge in [0.25, 0.3) is 0 Å². The third kappa shape index (κ3) is 4.15. The number of fused-ring (bicyclic) bond motifs is 1. The molecule has 0 saturated carbocycles. The topological polar surface area (TPSA) is 30.7 Å². The second-order valence-electron chi connectivity index (χ2n) is 6.67. The van der Waals surface area contributed by atoms with Crippen LogP contribution in [0.15, 0.2) is 60.8 Å². The molecule has 0 aliphatic heterocycles. The van der Waals surface area contributed by atoms with Crippen LogP contribution in [0.5, 0.6) is 0 Å². The van der Waals surface area contributed by atoms with Gasteiger partial charge in [0.05, 0.1) is 0 Å². The van der Waals surface area contributed by atoms with Crippen molar-refractivity contribution in [3.05, 3.63) is 93.5 Å². The van der Waals surface area contributed by atoms with E-state index in [1.165, 1.54) is 16.8 Å². The zero-order valence-corrected chi connectivity index (χ0v) is 16.5. The summed E-state index contributed by atoms with van der Waals surface area (Å²) >= 11 is 12.2. The van der Waals surface area contributed by atoms with Crippen molar-refractivity contribution >= 4 is 34.2 Å². The van der Waals surface area contributed by atoms with Crippen LogP contribution in [0.4, 0.5) is 0 Å². The molecule has 136 valence electrons. The molecule has 2 aromatic heterocycles. The lowest BCUT2D eigenvalue weighted by atomic mass is 10.1. The number of nitrogens with zero attached hydrogens (tertiary/aromatic N) is 3. The van der Waals surface area contributed by atoms with Crippen molar-refractivity contribution in [3.63, 3.8) is 0 Å². The lowest BCUT2D eigenvalue weighted by Crippen LogP contribution is -2.07. The molecule has 2 aromatic carbocycles. The van der Waals surface area contributed by atoms with Gasteiger partial charge < -0.3 is 4.57 Å². The van der Waals surface area contributed by atoms with Gasteiger partial charge in [0.15, 0.2) is 0 Å². The van der Waals surface area contributed by atoms with Crippen LogP contribution in [0.1, 0.15) is 22.6 Å². The Balaban J connectivity index is 1.69. The molecule has 27 heavy (non-hydrogen) atoms. The Labute approximate surface area is 168 Å². The number of rotatable bonds is 5. The fraction of sp³-hybridized carbons (Fsp3) is 0.182.